The number of fused-ring (bicyclic) bond motifs is 1. The molecule has 0 radical (unpaired) electrons. The summed E-state index contributed by atoms with van der Waals surface area (Å²) in [7, 11) is 0. The van der Waals surface area contributed by atoms with Crippen molar-refractivity contribution in [2.24, 2.45) is 5.92 Å². The number of rotatable bonds is 1. The molecule has 1 aliphatic carbocycles. The third-order valence-corrected chi connectivity index (χ3v) is 2.81. The summed E-state index contributed by atoms with van der Waals surface area (Å²) in [6.45, 7) is 7.54. The van der Waals surface area contributed by atoms with Gasteiger partial charge in [0.05, 0.1) is 5.54 Å². The largest absolute Gasteiger partial charge is 0.444 e. The molecule has 14 heavy (non-hydrogen) atoms. The van der Waals surface area contributed by atoms with Crippen molar-refractivity contribution in [3.8, 4) is 0 Å². The topological polar surface area (TPSA) is 50.4 Å². The molecule has 2 N–H and O–H groups in total. The van der Waals surface area contributed by atoms with E-state index in [0.717, 1.165) is 19.5 Å². The van der Waals surface area contributed by atoms with Crippen LogP contribution in [0.15, 0.2) is 0 Å². The number of amides is 1. The molecule has 1 amide bonds. The Balaban J connectivity index is 1.84. The van der Waals surface area contributed by atoms with Crippen LogP contribution in [-0.2, 0) is 4.74 Å². The molecule has 1 heterocycles. The van der Waals surface area contributed by atoms with E-state index in [2.05, 4.69) is 10.6 Å². The van der Waals surface area contributed by atoms with Crippen LogP contribution in [0.25, 0.3) is 0 Å². The monoisotopic (exact) mass is 198 g/mol. The summed E-state index contributed by atoms with van der Waals surface area (Å²) in [5, 5.41) is 6.22. The highest BCUT2D eigenvalue weighted by Gasteiger charge is 2.58. The number of ether oxygens (including phenoxy) is 1. The van der Waals surface area contributed by atoms with E-state index in [-0.39, 0.29) is 11.6 Å². The van der Waals surface area contributed by atoms with Crippen LogP contribution in [-0.4, -0.2) is 30.3 Å². The highest BCUT2D eigenvalue weighted by molar-refractivity contribution is 5.70. The van der Waals surface area contributed by atoms with E-state index in [0.29, 0.717) is 5.92 Å². The lowest BCUT2D eigenvalue weighted by Gasteiger charge is -2.22. The van der Waals surface area contributed by atoms with Gasteiger partial charge in [-0.15, -0.1) is 0 Å². The summed E-state index contributed by atoms with van der Waals surface area (Å²) in [4.78, 5) is 11.5. The first kappa shape index (κ1) is 9.77. The molecule has 0 aromatic heterocycles. The second-order valence-corrected chi connectivity index (χ2v) is 5.31. The quantitative estimate of drug-likeness (QED) is 0.657. The molecule has 2 fully saturated rings. The van der Waals surface area contributed by atoms with Crippen LogP contribution < -0.4 is 10.6 Å². The van der Waals surface area contributed by atoms with Crippen molar-refractivity contribution in [2.45, 2.75) is 38.3 Å². The summed E-state index contributed by atoms with van der Waals surface area (Å²) >= 11 is 0. The Hall–Kier alpha value is -0.770. The number of alkyl carbamates (subject to hydrolysis) is 1. The maximum Gasteiger partial charge on any atom is 0.408 e. The van der Waals surface area contributed by atoms with Crippen LogP contribution >= 0.6 is 0 Å². The number of nitrogens with one attached hydrogen (secondary N) is 2. The van der Waals surface area contributed by atoms with Crippen LogP contribution in [0, 0.1) is 5.92 Å². The maximum absolute atomic E-state index is 11.5. The number of hydrogen-bond acceptors (Lipinski definition) is 3. The third-order valence-electron chi connectivity index (χ3n) is 2.81. The average molecular weight is 198 g/mol. The van der Waals surface area contributed by atoms with Crippen molar-refractivity contribution in [1.82, 2.24) is 10.6 Å². The minimum atomic E-state index is -0.406. The molecule has 0 aromatic rings. The first-order valence-electron chi connectivity index (χ1n) is 5.13. The van der Waals surface area contributed by atoms with Gasteiger partial charge in [-0.05, 0) is 33.1 Å². The Bertz CT molecular complexity index is 259. The van der Waals surface area contributed by atoms with Gasteiger partial charge in [0, 0.05) is 13.1 Å². The first-order chi connectivity index (χ1) is 6.41. The second-order valence-electron chi connectivity index (χ2n) is 5.31. The smallest absolute Gasteiger partial charge is 0.408 e. The number of piperidine rings is 1. The standard InChI is InChI=1S/C10H18N2O2/c1-9(2,3)14-8(13)12-10-4-7(10)5-11-6-10/h7,11H,4-6H2,1-3H3,(H,12,13)/t7-,10?/m1/s1. The normalized spacial score (nSPS) is 34.9. The Morgan fingerprint density at radius 3 is 2.71 bits per heavy atom. The number of carbonyl (C=O) groups excluding carboxylic acids is 1. The molecule has 1 saturated heterocycles. The van der Waals surface area contributed by atoms with Crippen LogP contribution in [0.1, 0.15) is 27.2 Å². The van der Waals surface area contributed by atoms with E-state index in [1.165, 1.54) is 0 Å². The zero-order valence-electron chi connectivity index (χ0n) is 9.02. The van der Waals surface area contributed by atoms with Gasteiger partial charge in [-0.25, -0.2) is 4.79 Å². The van der Waals surface area contributed by atoms with Gasteiger partial charge in [0.15, 0.2) is 0 Å². The number of hydrogen-bond donors (Lipinski definition) is 2. The van der Waals surface area contributed by atoms with Gasteiger partial charge in [-0.1, -0.05) is 0 Å². The molecule has 2 atom stereocenters. The third kappa shape index (κ3) is 1.85. The van der Waals surface area contributed by atoms with Gasteiger partial charge < -0.3 is 15.4 Å². The van der Waals surface area contributed by atoms with Crippen molar-refractivity contribution in [1.29, 1.82) is 0 Å². The maximum atomic E-state index is 11.5. The molecule has 2 rings (SSSR count). The summed E-state index contributed by atoms with van der Waals surface area (Å²) < 4.78 is 5.21. The summed E-state index contributed by atoms with van der Waals surface area (Å²) in [6, 6.07) is 0. The van der Waals surface area contributed by atoms with E-state index >= 15 is 0 Å². The molecule has 1 unspecified atom stereocenters. The summed E-state index contributed by atoms with van der Waals surface area (Å²) in [5.41, 5.74) is -0.389. The van der Waals surface area contributed by atoms with Gasteiger partial charge in [-0.2, -0.15) is 0 Å². The van der Waals surface area contributed by atoms with Gasteiger partial charge in [0.1, 0.15) is 5.60 Å². The minimum absolute atomic E-state index is 0.0162. The molecule has 0 spiro atoms. The zero-order valence-corrected chi connectivity index (χ0v) is 9.02. The SMILES string of the molecule is CC(C)(C)OC(=O)NC12CNC[C@H]1C2. The number of carbonyl (C=O) groups is 1. The van der Waals surface area contributed by atoms with Crippen LogP contribution in [0.3, 0.4) is 0 Å². The molecule has 1 saturated carbocycles. The van der Waals surface area contributed by atoms with E-state index in [1.54, 1.807) is 0 Å². The van der Waals surface area contributed by atoms with Crippen molar-refractivity contribution in [3.05, 3.63) is 0 Å². The van der Waals surface area contributed by atoms with Crippen molar-refractivity contribution >= 4 is 6.09 Å². The zero-order chi connectivity index (χ0) is 10.4. The van der Waals surface area contributed by atoms with E-state index < -0.39 is 5.60 Å². The van der Waals surface area contributed by atoms with Crippen LogP contribution in [0.4, 0.5) is 4.79 Å². The Kier molecular flexibility index (Phi) is 2.00. The Labute approximate surface area is 84.4 Å². The van der Waals surface area contributed by atoms with Gasteiger partial charge in [0.2, 0.25) is 0 Å². The van der Waals surface area contributed by atoms with E-state index in [9.17, 15) is 4.79 Å². The minimum Gasteiger partial charge on any atom is -0.444 e. The molecule has 1 aliphatic heterocycles. The Morgan fingerprint density at radius 1 is 1.57 bits per heavy atom. The second kappa shape index (κ2) is 2.86. The fourth-order valence-electron chi connectivity index (χ4n) is 2.04. The molecule has 4 heteroatoms. The van der Waals surface area contributed by atoms with Gasteiger partial charge in [-0.3, -0.25) is 0 Å². The predicted octanol–water partition coefficient (Wildman–Crippen LogP) is 0.873. The molecule has 4 nitrogen and oxygen atoms in total. The lowest BCUT2D eigenvalue weighted by Crippen LogP contribution is -2.43. The van der Waals surface area contributed by atoms with Gasteiger partial charge >= 0.3 is 6.09 Å². The fourth-order valence-corrected chi connectivity index (χ4v) is 2.04. The van der Waals surface area contributed by atoms with Crippen molar-refractivity contribution < 1.29 is 9.53 Å². The van der Waals surface area contributed by atoms with Crippen LogP contribution in [0.5, 0.6) is 0 Å². The van der Waals surface area contributed by atoms with Crippen molar-refractivity contribution in [2.75, 3.05) is 13.1 Å². The molecule has 2 aliphatic rings. The predicted molar refractivity (Wildman–Crippen MR) is 53.1 cm³/mol. The van der Waals surface area contributed by atoms with E-state index in [1.807, 2.05) is 20.8 Å². The molecular formula is C10H18N2O2. The molecular weight excluding hydrogens is 180 g/mol. The highest BCUT2D eigenvalue weighted by atomic mass is 16.6. The average Bonchev–Trinajstić information content (AvgIpc) is 2.48. The summed E-state index contributed by atoms with van der Waals surface area (Å²) in [6.07, 6.45) is 0.808. The summed E-state index contributed by atoms with van der Waals surface area (Å²) in [5.74, 6) is 0.620. The van der Waals surface area contributed by atoms with E-state index in [4.69, 9.17) is 4.74 Å². The molecule has 0 bridgehead atoms. The first-order valence-corrected chi connectivity index (χ1v) is 5.13. The lowest BCUT2D eigenvalue weighted by molar-refractivity contribution is 0.0497. The Morgan fingerprint density at radius 2 is 2.29 bits per heavy atom. The molecule has 0 aromatic carbocycles. The molecule has 80 valence electrons. The fraction of sp³-hybridized carbons (Fsp3) is 0.900. The van der Waals surface area contributed by atoms with Gasteiger partial charge in [0.25, 0.3) is 0 Å². The van der Waals surface area contributed by atoms with Crippen molar-refractivity contribution in [3.63, 3.8) is 0 Å². The lowest BCUT2D eigenvalue weighted by atomic mass is 10.2. The highest BCUT2D eigenvalue weighted by Crippen LogP contribution is 2.46. The van der Waals surface area contributed by atoms with Crippen LogP contribution in [0.2, 0.25) is 0 Å².